The minimum absolute atomic E-state index is 0.0404. The van der Waals surface area contributed by atoms with Gasteiger partial charge in [0, 0.05) is 26.9 Å². The van der Waals surface area contributed by atoms with E-state index in [1.165, 1.54) is 6.42 Å². The normalized spacial score (nSPS) is 14.9. The number of anilines is 1. The molecule has 3 rings (SSSR count). The summed E-state index contributed by atoms with van der Waals surface area (Å²) in [6, 6.07) is 6.97. The lowest BCUT2D eigenvalue weighted by molar-refractivity contribution is 0.0762. The van der Waals surface area contributed by atoms with Crippen LogP contribution < -0.4 is 10.0 Å². The number of hydrogen-bond acceptors (Lipinski definition) is 8. The molecule has 2 heterocycles. The van der Waals surface area contributed by atoms with Crippen LogP contribution in [0.1, 0.15) is 55.3 Å². The van der Waals surface area contributed by atoms with Gasteiger partial charge in [-0.15, -0.1) is 0 Å². The first kappa shape index (κ1) is 29.1. The Morgan fingerprint density at radius 1 is 1.38 bits per heavy atom. The van der Waals surface area contributed by atoms with Gasteiger partial charge in [-0.05, 0) is 44.0 Å². The van der Waals surface area contributed by atoms with Gasteiger partial charge in [0.25, 0.3) is 5.91 Å². The Morgan fingerprint density at radius 3 is 2.62 bits per heavy atom. The number of aryl methyl sites for hydroxylation is 1. The molecule has 34 heavy (non-hydrogen) atoms. The average molecular weight is 492 g/mol. The molecular formula is C24H37N5O4S. The highest BCUT2D eigenvalue weighted by Crippen LogP contribution is 2.28. The Balaban J connectivity index is 0.000000310. The van der Waals surface area contributed by atoms with Crippen LogP contribution in [0, 0.1) is 6.92 Å². The molecule has 0 saturated carbocycles. The van der Waals surface area contributed by atoms with Crippen LogP contribution >= 0.6 is 12.1 Å². The van der Waals surface area contributed by atoms with E-state index in [0.29, 0.717) is 31.7 Å². The van der Waals surface area contributed by atoms with Crippen LogP contribution in [-0.2, 0) is 6.54 Å². The zero-order valence-electron chi connectivity index (χ0n) is 20.7. The summed E-state index contributed by atoms with van der Waals surface area (Å²) in [5, 5.41) is 22.1. The molecule has 0 spiro atoms. The number of amides is 1. The summed E-state index contributed by atoms with van der Waals surface area (Å²) >= 11 is 1.16. The minimum Gasteiger partial charge on any atom is -0.505 e. The number of aromatic hydroxyl groups is 1. The molecule has 10 heteroatoms. The third kappa shape index (κ3) is 9.88. The van der Waals surface area contributed by atoms with E-state index in [4.69, 9.17) is 4.42 Å². The molecule has 1 saturated heterocycles. The van der Waals surface area contributed by atoms with Gasteiger partial charge in [0.1, 0.15) is 11.6 Å². The van der Waals surface area contributed by atoms with E-state index in [2.05, 4.69) is 40.0 Å². The molecular weight excluding hydrogens is 454 g/mol. The number of furan rings is 1. The van der Waals surface area contributed by atoms with Gasteiger partial charge in [0.15, 0.2) is 5.75 Å². The maximum atomic E-state index is 12.1. The fourth-order valence-corrected chi connectivity index (χ4v) is 3.18. The SMILES string of the molecule is C=NSNC(C)=NCc1cc(C)co1.CCC.CNc1cccc(C(=O)N2CC[C@@H](O)C2)c1O. The predicted octanol–water partition coefficient (Wildman–Crippen LogP) is 4.42. The van der Waals surface area contributed by atoms with E-state index in [1.807, 2.05) is 19.9 Å². The van der Waals surface area contributed by atoms with Gasteiger partial charge < -0.3 is 24.8 Å². The van der Waals surface area contributed by atoms with Crippen LogP contribution in [0.15, 0.2) is 44.3 Å². The molecule has 1 fully saturated rings. The Hall–Kier alpha value is -2.98. The number of aliphatic hydroxyl groups excluding tert-OH is 1. The standard InChI is InChI=1S/C12H16N2O3.C9H13N3OS.C3H8/c1-13-10-4-2-3-9(11(10)16)12(17)14-6-5-8(15)7-14;1-7-4-9(13-6-7)5-11-8(2)12-14-10-3;1-3-2/h2-4,8,13,15-16H,5-7H2,1H3;4,6H,3,5H2,1-2H3,(H,11,12);3H2,1-2H3/t8-;;/m1../s1. The number of carbonyl (C=O) groups is 1. The van der Waals surface area contributed by atoms with Crippen molar-refractivity contribution in [3.63, 3.8) is 0 Å². The van der Waals surface area contributed by atoms with E-state index in [9.17, 15) is 15.0 Å². The van der Waals surface area contributed by atoms with Crippen LogP contribution in [0.25, 0.3) is 0 Å². The van der Waals surface area contributed by atoms with E-state index in [-0.39, 0.29) is 17.2 Å². The van der Waals surface area contributed by atoms with Crippen LogP contribution in [0.3, 0.4) is 0 Å². The Bertz CT molecular complexity index is 932. The van der Waals surface area contributed by atoms with Gasteiger partial charge in [0.05, 0.1) is 42.3 Å². The topological polar surface area (TPSA) is 123 Å². The van der Waals surface area contributed by atoms with Crippen molar-refractivity contribution in [3.05, 3.63) is 47.4 Å². The van der Waals surface area contributed by atoms with Crippen molar-refractivity contribution in [2.45, 2.75) is 53.2 Å². The summed E-state index contributed by atoms with van der Waals surface area (Å²) in [6.45, 7) is 12.8. The van der Waals surface area contributed by atoms with E-state index in [0.717, 1.165) is 29.3 Å². The molecule has 1 aromatic heterocycles. The van der Waals surface area contributed by atoms with Crippen LogP contribution in [0.5, 0.6) is 5.75 Å². The molecule has 1 atom stereocenters. The zero-order valence-corrected chi connectivity index (χ0v) is 21.5. The number of amidine groups is 1. The van der Waals surface area contributed by atoms with Crippen molar-refractivity contribution in [3.8, 4) is 5.75 Å². The third-order valence-electron chi connectivity index (χ3n) is 4.50. The maximum absolute atomic E-state index is 12.1. The molecule has 188 valence electrons. The fourth-order valence-electron chi connectivity index (χ4n) is 2.92. The van der Waals surface area contributed by atoms with Crippen molar-refractivity contribution in [1.82, 2.24) is 9.62 Å². The number of hydrogen-bond donors (Lipinski definition) is 4. The van der Waals surface area contributed by atoms with E-state index >= 15 is 0 Å². The maximum Gasteiger partial charge on any atom is 0.257 e. The second-order valence-corrected chi connectivity index (χ2v) is 8.31. The number of benzene rings is 1. The van der Waals surface area contributed by atoms with Gasteiger partial charge in [-0.3, -0.25) is 14.5 Å². The van der Waals surface area contributed by atoms with Gasteiger partial charge in [-0.2, -0.15) is 0 Å². The lowest BCUT2D eigenvalue weighted by Gasteiger charge is -2.17. The number of para-hydroxylation sites is 1. The Kier molecular flexibility index (Phi) is 13.5. The highest BCUT2D eigenvalue weighted by Gasteiger charge is 2.27. The number of carbonyl (C=O) groups excluding carboxylic acids is 1. The van der Waals surface area contributed by atoms with Crippen molar-refractivity contribution in [2.24, 2.45) is 9.39 Å². The number of nitrogens with one attached hydrogen (secondary N) is 2. The number of likely N-dealkylation sites (tertiary alicyclic amines) is 1. The molecule has 0 unspecified atom stereocenters. The molecule has 2 aromatic rings. The largest absolute Gasteiger partial charge is 0.505 e. The van der Waals surface area contributed by atoms with Gasteiger partial charge >= 0.3 is 0 Å². The first-order valence-corrected chi connectivity index (χ1v) is 11.9. The molecule has 1 aromatic carbocycles. The van der Waals surface area contributed by atoms with Crippen LogP contribution in [0.2, 0.25) is 0 Å². The first-order chi connectivity index (χ1) is 16.3. The first-order valence-electron chi connectivity index (χ1n) is 11.2. The van der Waals surface area contributed by atoms with Crippen molar-refractivity contribution in [1.29, 1.82) is 0 Å². The monoisotopic (exact) mass is 491 g/mol. The number of phenols is 1. The molecule has 1 aliphatic rings. The molecule has 0 bridgehead atoms. The van der Waals surface area contributed by atoms with E-state index in [1.54, 1.807) is 36.4 Å². The van der Waals surface area contributed by atoms with Gasteiger partial charge in [-0.25, -0.2) is 4.40 Å². The number of β-amino-alcohol motifs (C(OH)–C–C–N with tert-alkyl or cyclic N) is 1. The number of aliphatic hydroxyl groups is 1. The molecule has 1 aliphatic heterocycles. The second-order valence-electron chi connectivity index (χ2n) is 7.67. The highest BCUT2D eigenvalue weighted by molar-refractivity contribution is 7.96. The second kappa shape index (κ2) is 15.8. The number of rotatable bonds is 6. The van der Waals surface area contributed by atoms with Gasteiger partial charge in [-0.1, -0.05) is 26.3 Å². The Labute approximate surface area is 206 Å². The van der Waals surface area contributed by atoms with E-state index < -0.39 is 6.10 Å². The summed E-state index contributed by atoms with van der Waals surface area (Å²) in [7, 11) is 1.68. The predicted molar refractivity (Wildman–Crippen MR) is 141 cm³/mol. The van der Waals surface area contributed by atoms with Crippen molar-refractivity contribution < 1.29 is 19.4 Å². The molecule has 0 aliphatic carbocycles. The molecule has 4 N–H and O–H groups in total. The number of nitrogens with zero attached hydrogens (tertiary/aromatic N) is 3. The fraction of sp³-hybridized carbons (Fsp3) is 0.458. The lowest BCUT2D eigenvalue weighted by atomic mass is 10.1. The summed E-state index contributed by atoms with van der Waals surface area (Å²) in [5.41, 5.74) is 1.91. The summed E-state index contributed by atoms with van der Waals surface area (Å²) in [5.74, 6) is 1.38. The summed E-state index contributed by atoms with van der Waals surface area (Å²) in [6.07, 6.45) is 3.11. The smallest absolute Gasteiger partial charge is 0.257 e. The lowest BCUT2D eigenvalue weighted by Crippen LogP contribution is -2.29. The molecule has 1 amide bonds. The number of phenolic OH excluding ortho intramolecular Hbond substituents is 1. The number of aliphatic imine (C=N–C) groups is 1. The van der Waals surface area contributed by atoms with Crippen molar-refractivity contribution in [2.75, 3.05) is 25.5 Å². The van der Waals surface area contributed by atoms with Crippen LogP contribution in [-0.4, -0.2) is 59.8 Å². The van der Waals surface area contributed by atoms with Crippen molar-refractivity contribution >= 4 is 36.3 Å². The van der Waals surface area contributed by atoms with Crippen LogP contribution in [0.4, 0.5) is 5.69 Å². The average Bonchev–Trinajstić information content (AvgIpc) is 3.45. The summed E-state index contributed by atoms with van der Waals surface area (Å²) < 4.78 is 11.7. The molecule has 0 radical (unpaired) electrons. The highest BCUT2D eigenvalue weighted by atomic mass is 32.2. The third-order valence-corrected chi connectivity index (χ3v) is 5.02. The minimum atomic E-state index is -0.450. The zero-order chi connectivity index (χ0) is 25.5. The van der Waals surface area contributed by atoms with Gasteiger partial charge in [0.2, 0.25) is 0 Å². The Morgan fingerprint density at radius 2 is 2.09 bits per heavy atom. The summed E-state index contributed by atoms with van der Waals surface area (Å²) in [4.78, 5) is 17.9. The quantitative estimate of drug-likeness (QED) is 0.204. The molecule has 9 nitrogen and oxygen atoms in total.